The number of nitriles is 1. The highest BCUT2D eigenvalue weighted by molar-refractivity contribution is 5.77. The first-order chi connectivity index (χ1) is 11.6. The summed E-state index contributed by atoms with van der Waals surface area (Å²) in [6.45, 7) is 1.76. The second-order valence-corrected chi connectivity index (χ2v) is 6.28. The van der Waals surface area contributed by atoms with E-state index in [1.807, 2.05) is 12.1 Å². The highest BCUT2D eigenvalue weighted by atomic mass is 16.5. The van der Waals surface area contributed by atoms with Crippen molar-refractivity contribution in [2.75, 3.05) is 0 Å². The molecule has 1 fully saturated rings. The molecule has 1 saturated carbocycles. The normalized spacial score (nSPS) is 15.8. The Morgan fingerprint density at radius 3 is 2.62 bits per heavy atom. The molecule has 1 heterocycles. The number of carbonyl (C=O) groups is 1. The lowest BCUT2D eigenvalue weighted by Gasteiger charge is -2.26. The number of aromatic nitrogens is 2. The fourth-order valence-corrected chi connectivity index (χ4v) is 3.21. The van der Waals surface area contributed by atoms with Crippen LogP contribution in [-0.2, 0) is 16.8 Å². The predicted molar refractivity (Wildman–Crippen MR) is 86.8 cm³/mol. The van der Waals surface area contributed by atoms with Crippen molar-refractivity contribution in [3.63, 3.8) is 0 Å². The molecule has 0 bridgehead atoms. The molecule has 6 nitrogen and oxygen atoms in total. The number of nitrogens with zero attached hydrogens (tertiary/aromatic N) is 3. The van der Waals surface area contributed by atoms with Gasteiger partial charge >= 0.3 is 0 Å². The summed E-state index contributed by atoms with van der Waals surface area (Å²) < 4.78 is 5.10. The van der Waals surface area contributed by atoms with E-state index in [-0.39, 0.29) is 5.91 Å². The third-order valence-electron chi connectivity index (χ3n) is 4.52. The van der Waals surface area contributed by atoms with Gasteiger partial charge in [-0.3, -0.25) is 4.79 Å². The Bertz CT molecular complexity index is 752. The molecule has 1 amide bonds. The molecule has 1 aliphatic rings. The topological polar surface area (TPSA) is 91.8 Å². The first-order valence-electron chi connectivity index (χ1n) is 8.22. The SMILES string of the molecule is Cc1nc(C2(NC(=O)CCc3ccc(C#N)cc3)CCCC2)no1. The lowest BCUT2D eigenvalue weighted by atomic mass is 9.96. The van der Waals surface area contributed by atoms with Gasteiger partial charge in [0.2, 0.25) is 11.8 Å². The molecule has 0 aliphatic heterocycles. The molecular formula is C18H20N4O2. The van der Waals surface area contributed by atoms with Gasteiger partial charge in [-0.2, -0.15) is 10.2 Å². The third-order valence-corrected chi connectivity index (χ3v) is 4.52. The van der Waals surface area contributed by atoms with Crippen molar-refractivity contribution in [2.24, 2.45) is 0 Å². The predicted octanol–water partition coefficient (Wildman–Crippen LogP) is 2.77. The summed E-state index contributed by atoms with van der Waals surface area (Å²) in [5, 5.41) is 16.0. The second-order valence-electron chi connectivity index (χ2n) is 6.28. The van der Waals surface area contributed by atoms with Crippen molar-refractivity contribution in [3.8, 4) is 6.07 Å². The number of hydrogen-bond acceptors (Lipinski definition) is 5. The number of nitrogens with one attached hydrogen (secondary N) is 1. The Balaban J connectivity index is 1.63. The summed E-state index contributed by atoms with van der Waals surface area (Å²) in [6, 6.07) is 9.41. The number of benzene rings is 1. The first kappa shape index (κ1) is 16.2. The molecule has 1 aromatic carbocycles. The average Bonchev–Trinajstić information content (AvgIpc) is 3.23. The van der Waals surface area contributed by atoms with E-state index in [1.54, 1.807) is 19.1 Å². The summed E-state index contributed by atoms with van der Waals surface area (Å²) in [5.41, 5.74) is 1.18. The zero-order valence-electron chi connectivity index (χ0n) is 13.7. The zero-order valence-corrected chi connectivity index (χ0v) is 13.7. The number of amides is 1. The van der Waals surface area contributed by atoms with Crippen LogP contribution in [0.4, 0.5) is 0 Å². The lowest BCUT2D eigenvalue weighted by molar-refractivity contribution is -0.123. The van der Waals surface area contributed by atoms with Gasteiger partial charge in [0.15, 0.2) is 5.82 Å². The van der Waals surface area contributed by atoms with E-state index < -0.39 is 5.54 Å². The average molecular weight is 324 g/mol. The van der Waals surface area contributed by atoms with Gasteiger partial charge in [0.1, 0.15) is 5.54 Å². The van der Waals surface area contributed by atoms with E-state index in [0.29, 0.717) is 30.1 Å². The largest absolute Gasteiger partial charge is 0.343 e. The van der Waals surface area contributed by atoms with Gasteiger partial charge < -0.3 is 9.84 Å². The molecule has 0 saturated heterocycles. The van der Waals surface area contributed by atoms with E-state index >= 15 is 0 Å². The van der Waals surface area contributed by atoms with Gasteiger partial charge in [0, 0.05) is 13.3 Å². The smallest absolute Gasteiger partial charge is 0.223 e. The highest BCUT2D eigenvalue weighted by Gasteiger charge is 2.41. The van der Waals surface area contributed by atoms with Crippen molar-refractivity contribution in [1.29, 1.82) is 5.26 Å². The molecule has 3 rings (SSSR count). The summed E-state index contributed by atoms with van der Waals surface area (Å²) in [6.07, 6.45) is 4.81. The van der Waals surface area contributed by atoms with Crippen LogP contribution >= 0.6 is 0 Å². The Hall–Kier alpha value is -2.68. The molecular weight excluding hydrogens is 304 g/mol. The maximum absolute atomic E-state index is 12.4. The van der Waals surface area contributed by atoms with Crippen molar-refractivity contribution in [1.82, 2.24) is 15.5 Å². The number of carbonyl (C=O) groups excluding carboxylic acids is 1. The minimum Gasteiger partial charge on any atom is -0.343 e. The van der Waals surface area contributed by atoms with Crippen LogP contribution in [0.3, 0.4) is 0 Å². The van der Waals surface area contributed by atoms with Gasteiger partial charge in [0.25, 0.3) is 0 Å². The summed E-state index contributed by atoms with van der Waals surface area (Å²) in [5.74, 6) is 1.09. The Morgan fingerprint density at radius 1 is 1.33 bits per heavy atom. The molecule has 0 radical (unpaired) electrons. The van der Waals surface area contributed by atoms with E-state index in [9.17, 15) is 4.79 Å². The molecule has 1 N–H and O–H groups in total. The standard InChI is InChI=1S/C18H20N4O2/c1-13-20-17(22-24-13)18(10-2-3-11-18)21-16(23)9-8-14-4-6-15(12-19)7-5-14/h4-7H,2-3,8-11H2,1H3,(H,21,23). The maximum Gasteiger partial charge on any atom is 0.223 e. The first-order valence-corrected chi connectivity index (χ1v) is 8.22. The van der Waals surface area contributed by atoms with E-state index in [2.05, 4.69) is 21.5 Å². The van der Waals surface area contributed by atoms with Gasteiger partial charge in [0.05, 0.1) is 11.6 Å². The molecule has 0 unspecified atom stereocenters. The molecule has 24 heavy (non-hydrogen) atoms. The van der Waals surface area contributed by atoms with Crippen LogP contribution in [-0.4, -0.2) is 16.0 Å². The van der Waals surface area contributed by atoms with Crippen LogP contribution in [0.1, 0.15) is 54.9 Å². The molecule has 1 aliphatic carbocycles. The van der Waals surface area contributed by atoms with Crippen molar-refractivity contribution in [2.45, 2.75) is 51.0 Å². The fraction of sp³-hybridized carbons (Fsp3) is 0.444. The Morgan fingerprint density at radius 2 is 2.04 bits per heavy atom. The molecule has 2 aromatic rings. The minimum absolute atomic E-state index is 0.0105. The van der Waals surface area contributed by atoms with Crippen LogP contribution < -0.4 is 5.32 Å². The number of hydrogen-bond donors (Lipinski definition) is 1. The fourth-order valence-electron chi connectivity index (χ4n) is 3.21. The number of aryl methyl sites for hydroxylation is 2. The molecule has 6 heteroatoms. The zero-order chi connectivity index (χ0) is 17.0. The van der Waals surface area contributed by atoms with E-state index in [1.165, 1.54) is 0 Å². The third kappa shape index (κ3) is 3.46. The summed E-state index contributed by atoms with van der Waals surface area (Å²) in [4.78, 5) is 16.8. The van der Waals surface area contributed by atoms with Gasteiger partial charge in [-0.1, -0.05) is 30.1 Å². The van der Waals surface area contributed by atoms with E-state index in [4.69, 9.17) is 9.78 Å². The van der Waals surface area contributed by atoms with Gasteiger partial charge in [-0.05, 0) is 37.0 Å². The minimum atomic E-state index is -0.487. The van der Waals surface area contributed by atoms with Crippen molar-refractivity contribution in [3.05, 3.63) is 47.1 Å². The van der Waals surface area contributed by atoms with Crippen LogP contribution in [0.2, 0.25) is 0 Å². The second kappa shape index (κ2) is 6.83. The summed E-state index contributed by atoms with van der Waals surface area (Å²) in [7, 11) is 0. The van der Waals surface area contributed by atoms with Crippen LogP contribution in [0, 0.1) is 18.3 Å². The van der Waals surface area contributed by atoms with Crippen LogP contribution in [0.25, 0.3) is 0 Å². The Kier molecular flexibility index (Phi) is 4.61. The quantitative estimate of drug-likeness (QED) is 0.913. The summed E-state index contributed by atoms with van der Waals surface area (Å²) >= 11 is 0. The lowest BCUT2D eigenvalue weighted by Crippen LogP contribution is -2.44. The molecule has 124 valence electrons. The van der Waals surface area contributed by atoms with Gasteiger partial charge in [-0.25, -0.2) is 0 Å². The van der Waals surface area contributed by atoms with Crippen LogP contribution in [0.15, 0.2) is 28.8 Å². The Labute approximate surface area is 140 Å². The van der Waals surface area contributed by atoms with Crippen molar-refractivity contribution >= 4 is 5.91 Å². The number of rotatable bonds is 5. The van der Waals surface area contributed by atoms with E-state index in [0.717, 1.165) is 31.2 Å². The highest BCUT2D eigenvalue weighted by Crippen LogP contribution is 2.37. The monoisotopic (exact) mass is 324 g/mol. The van der Waals surface area contributed by atoms with Crippen LogP contribution in [0.5, 0.6) is 0 Å². The van der Waals surface area contributed by atoms with Gasteiger partial charge in [-0.15, -0.1) is 0 Å². The molecule has 0 atom stereocenters. The van der Waals surface area contributed by atoms with Crippen molar-refractivity contribution < 1.29 is 9.32 Å². The maximum atomic E-state index is 12.4. The molecule has 1 aromatic heterocycles. The molecule has 0 spiro atoms.